The molecule has 1 aromatic rings. The Hall–Kier alpha value is -2.47. The van der Waals surface area contributed by atoms with Gasteiger partial charge in [0, 0.05) is 24.2 Å². The third-order valence-electron chi connectivity index (χ3n) is 2.24. The second kappa shape index (κ2) is 6.63. The van der Waals surface area contributed by atoms with Crippen LogP contribution in [0, 0.1) is 21.4 Å². The number of anilines is 1. The summed E-state index contributed by atoms with van der Waals surface area (Å²) in [6, 6.07) is 6.68. The number of carbonyl (C=O) groups excluding carboxylic acids is 1. The van der Waals surface area contributed by atoms with E-state index in [1.54, 1.807) is 6.07 Å². The van der Waals surface area contributed by atoms with E-state index >= 15 is 0 Å². The fraction of sp³-hybridized carbons (Fsp3) is 0.273. The Bertz CT molecular complexity index is 646. The summed E-state index contributed by atoms with van der Waals surface area (Å²) in [6.45, 7) is 0. The van der Waals surface area contributed by atoms with Crippen LogP contribution in [0.5, 0.6) is 0 Å². The van der Waals surface area contributed by atoms with E-state index in [4.69, 9.17) is 5.26 Å². The van der Waals surface area contributed by atoms with Crippen molar-refractivity contribution in [2.75, 3.05) is 16.8 Å². The monoisotopic (exact) mass is 297 g/mol. The predicted molar refractivity (Wildman–Crippen MR) is 70.6 cm³/mol. The van der Waals surface area contributed by atoms with Gasteiger partial charge >= 0.3 is 0 Å². The van der Waals surface area contributed by atoms with Crippen LogP contribution in [0.4, 0.5) is 11.4 Å². The van der Waals surface area contributed by atoms with E-state index < -0.39 is 26.4 Å². The number of hydrogen-bond donors (Lipinski definition) is 1. The second-order valence-electron chi connectivity index (χ2n) is 3.85. The standard InChI is InChI=1S/C11H11N3O5S/c12-6-1-7-20(18,19)8-11(15)13-9-2-4-10(5-3-9)14(16)17/h2-5H,1,7-8H2,(H,13,15). The van der Waals surface area contributed by atoms with Gasteiger partial charge in [-0.05, 0) is 12.1 Å². The van der Waals surface area contributed by atoms with E-state index in [0.29, 0.717) is 0 Å². The Morgan fingerprint density at radius 3 is 2.45 bits per heavy atom. The number of nitro groups is 1. The van der Waals surface area contributed by atoms with Gasteiger partial charge in [0.2, 0.25) is 5.91 Å². The van der Waals surface area contributed by atoms with Crippen molar-refractivity contribution < 1.29 is 18.1 Å². The van der Waals surface area contributed by atoms with Crippen molar-refractivity contribution in [3.8, 4) is 6.07 Å². The highest BCUT2D eigenvalue weighted by Crippen LogP contribution is 2.15. The first kappa shape index (κ1) is 15.6. The average molecular weight is 297 g/mol. The number of non-ortho nitro benzene ring substituents is 1. The van der Waals surface area contributed by atoms with Crippen LogP contribution in [-0.4, -0.2) is 30.8 Å². The summed E-state index contributed by atoms with van der Waals surface area (Å²) in [7, 11) is -3.63. The molecule has 0 aromatic heterocycles. The third kappa shape index (κ3) is 5.03. The Balaban J connectivity index is 2.63. The first-order valence-corrected chi connectivity index (χ1v) is 7.28. The molecule has 0 bridgehead atoms. The fourth-order valence-corrected chi connectivity index (χ4v) is 2.35. The molecule has 0 fully saturated rings. The molecule has 0 saturated carbocycles. The minimum atomic E-state index is -3.63. The summed E-state index contributed by atoms with van der Waals surface area (Å²) in [5, 5.41) is 21.1. The molecule has 9 heteroatoms. The first-order valence-electron chi connectivity index (χ1n) is 5.46. The van der Waals surface area contributed by atoms with Crippen LogP contribution in [0.25, 0.3) is 0 Å². The third-order valence-corrected chi connectivity index (χ3v) is 3.77. The number of amides is 1. The van der Waals surface area contributed by atoms with E-state index in [0.717, 1.165) is 0 Å². The van der Waals surface area contributed by atoms with Gasteiger partial charge in [0.15, 0.2) is 9.84 Å². The van der Waals surface area contributed by atoms with Crippen molar-refractivity contribution in [2.45, 2.75) is 6.42 Å². The average Bonchev–Trinajstić information content (AvgIpc) is 2.36. The molecule has 0 aliphatic rings. The van der Waals surface area contributed by atoms with E-state index in [9.17, 15) is 23.3 Å². The highest BCUT2D eigenvalue weighted by molar-refractivity contribution is 7.92. The molecule has 0 heterocycles. The van der Waals surface area contributed by atoms with Crippen molar-refractivity contribution >= 4 is 27.1 Å². The van der Waals surface area contributed by atoms with Crippen molar-refractivity contribution in [3.63, 3.8) is 0 Å². The van der Waals surface area contributed by atoms with Gasteiger partial charge in [0.05, 0.1) is 16.7 Å². The Labute approximate surface area is 115 Å². The Kier molecular flexibility index (Phi) is 5.16. The van der Waals surface area contributed by atoms with E-state index in [2.05, 4.69) is 5.32 Å². The number of benzene rings is 1. The van der Waals surface area contributed by atoms with E-state index in [1.165, 1.54) is 24.3 Å². The quantitative estimate of drug-likeness (QED) is 0.612. The van der Waals surface area contributed by atoms with Crippen molar-refractivity contribution in [2.24, 2.45) is 0 Å². The lowest BCUT2D eigenvalue weighted by Crippen LogP contribution is -2.24. The lowest BCUT2D eigenvalue weighted by molar-refractivity contribution is -0.384. The van der Waals surface area contributed by atoms with Crippen LogP contribution >= 0.6 is 0 Å². The molecule has 106 valence electrons. The zero-order valence-electron chi connectivity index (χ0n) is 10.3. The van der Waals surface area contributed by atoms with Gasteiger partial charge in [0.1, 0.15) is 5.75 Å². The van der Waals surface area contributed by atoms with Gasteiger partial charge in [0.25, 0.3) is 5.69 Å². The molecule has 0 radical (unpaired) electrons. The summed E-state index contributed by atoms with van der Waals surface area (Å²) in [5.41, 5.74) is 0.126. The minimum Gasteiger partial charge on any atom is -0.325 e. The number of carbonyl (C=O) groups is 1. The van der Waals surface area contributed by atoms with E-state index in [-0.39, 0.29) is 23.5 Å². The van der Waals surface area contributed by atoms with E-state index in [1.807, 2.05) is 0 Å². The smallest absolute Gasteiger partial charge is 0.269 e. The largest absolute Gasteiger partial charge is 0.325 e. The number of nitriles is 1. The number of rotatable bonds is 6. The van der Waals surface area contributed by atoms with Crippen molar-refractivity contribution in [1.29, 1.82) is 5.26 Å². The van der Waals surface area contributed by atoms with Crippen molar-refractivity contribution in [1.82, 2.24) is 0 Å². The number of nitrogens with zero attached hydrogens (tertiary/aromatic N) is 2. The lowest BCUT2D eigenvalue weighted by Gasteiger charge is -2.05. The van der Waals surface area contributed by atoms with Crippen LogP contribution in [-0.2, 0) is 14.6 Å². The summed E-state index contributed by atoms with van der Waals surface area (Å²) in [4.78, 5) is 21.4. The van der Waals surface area contributed by atoms with Crippen LogP contribution in [0.15, 0.2) is 24.3 Å². The number of sulfone groups is 1. The molecule has 0 unspecified atom stereocenters. The van der Waals surface area contributed by atoms with Gasteiger partial charge in [-0.2, -0.15) is 5.26 Å². The molecule has 0 saturated heterocycles. The van der Waals surface area contributed by atoms with Gasteiger partial charge < -0.3 is 5.32 Å². The summed E-state index contributed by atoms with van der Waals surface area (Å²) in [6.07, 6.45) is -0.173. The summed E-state index contributed by atoms with van der Waals surface area (Å²) >= 11 is 0. The molecule has 0 aliphatic carbocycles. The van der Waals surface area contributed by atoms with Crippen molar-refractivity contribution in [3.05, 3.63) is 34.4 Å². The Morgan fingerprint density at radius 1 is 1.35 bits per heavy atom. The zero-order valence-corrected chi connectivity index (χ0v) is 11.1. The van der Waals surface area contributed by atoms with Gasteiger partial charge in [-0.1, -0.05) is 0 Å². The molecule has 1 aromatic carbocycles. The molecule has 8 nitrogen and oxygen atoms in total. The molecule has 1 rings (SSSR count). The van der Waals surface area contributed by atoms with Gasteiger partial charge in [-0.15, -0.1) is 0 Å². The maximum Gasteiger partial charge on any atom is 0.269 e. The molecular weight excluding hydrogens is 286 g/mol. The Morgan fingerprint density at radius 2 is 1.95 bits per heavy atom. The van der Waals surface area contributed by atoms with Crippen LogP contribution in [0.2, 0.25) is 0 Å². The molecule has 0 atom stereocenters. The number of nitrogens with one attached hydrogen (secondary N) is 1. The zero-order chi connectivity index (χ0) is 15.2. The summed E-state index contributed by atoms with van der Waals surface area (Å²) in [5.74, 6) is -1.86. The molecule has 1 N–H and O–H groups in total. The van der Waals surface area contributed by atoms with Gasteiger partial charge in [-0.25, -0.2) is 8.42 Å². The highest BCUT2D eigenvalue weighted by atomic mass is 32.2. The molecule has 0 aliphatic heterocycles. The SMILES string of the molecule is N#CCCS(=O)(=O)CC(=O)Nc1ccc([N+](=O)[O-])cc1. The maximum absolute atomic E-state index is 11.5. The van der Waals surface area contributed by atoms with Crippen LogP contribution < -0.4 is 5.32 Å². The number of hydrogen-bond acceptors (Lipinski definition) is 6. The maximum atomic E-state index is 11.5. The predicted octanol–water partition coefficient (Wildman–Crippen LogP) is 0.862. The topological polar surface area (TPSA) is 130 Å². The second-order valence-corrected chi connectivity index (χ2v) is 6.04. The normalized spacial score (nSPS) is 10.6. The fourth-order valence-electron chi connectivity index (χ4n) is 1.34. The number of nitro benzene ring substituents is 1. The van der Waals surface area contributed by atoms with Crippen LogP contribution in [0.1, 0.15) is 6.42 Å². The lowest BCUT2D eigenvalue weighted by atomic mass is 10.3. The molecule has 20 heavy (non-hydrogen) atoms. The molecular formula is C11H11N3O5S. The molecule has 1 amide bonds. The summed E-state index contributed by atoms with van der Waals surface area (Å²) < 4.78 is 22.9. The minimum absolute atomic E-state index is 0.135. The van der Waals surface area contributed by atoms with Crippen LogP contribution in [0.3, 0.4) is 0 Å². The highest BCUT2D eigenvalue weighted by Gasteiger charge is 2.16. The first-order chi connectivity index (χ1) is 9.34. The molecule has 0 spiro atoms. The van der Waals surface area contributed by atoms with Gasteiger partial charge in [-0.3, -0.25) is 14.9 Å².